The third-order valence-electron chi connectivity index (χ3n) is 3.44. The van der Waals surface area contributed by atoms with E-state index in [1.54, 1.807) is 12.1 Å². The Morgan fingerprint density at radius 1 is 1.15 bits per heavy atom. The van der Waals surface area contributed by atoms with E-state index in [1.165, 1.54) is 11.6 Å². The number of nitrogens with one attached hydrogen (secondary N) is 1. The summed E-state index contributed by atoms with van der Waals surface area (Å²) in [6.07, 6.45) is 0.995. The van der Waals surface area contributed by atoms with Crippen molar-refractivity contribution in [1.82, 2.24) is 5.32 Å². The van der Waals surface area contributed by atoms with E-state index < -0.39 is 0 Å². The number of benzene rings is 2. The molecule has 0 aliphatic heterocycles. The van der Waals surface area contributed by atoms with Crippen LogP contribution in [0, 0.1) is 10.1 Å². The topological polar surface area (TPSA) is 55.2 Å². The van der Waals surface area contributed by atoms with Crippen LogP contribution in [0.25, 0.3) is 11.1 Å². The fraction of sp³-hybridized carbons (Fsp3) is 0.250. The van der Waals surface area contributed by atoms with Gasteiger partial charge in [0, 0.05) is 18.2 Å². The maximum atomic E-state index is 10.8. The lowest BCUT2D eigenvalue weighted by molar-refractivity contribution is -0.384. The molecule has 0 saturated carbocycles. The van der Waals surface area contributed by atoms with Gasteiger partial charge < -0.3 is 5.32 Å². The lowest BCUT2D eigenvalue weighted by Crippen LogP contribution is -2.15. The van der Waals surface area contributed by atoms with Crippen LogP contribution in [0.4, 0.5) is 5.69 Å². The molecular formula is C16H18N2O2. The second kappa shape index (κ2) is 6.30. The van der Waals surface area contributed by atoms with Gasteiger partial charge in [0.1, 0.15) is 0 Å². The Kier molecular flexibility index (Phi) is 4.48. The van der Waals surface area contributed by atoms with Crippen molar-refractivity contribution in [2.45, 2.75) is 19.4 Å². The van der Waals surface area contributed by atoms with Gasteiger partial charge in [0.15, 0.2) is 0 Å². The molecule has 0 amide bonds. The fourth-order valence-electron chi connectivity index (χ4n) is 2.34. The zero-order chi connectivity index (χ0) is 14.5. The Morgan fingerprint density at radius 2 is 1.80 bits per heavy atom. The van der Waals surface area contributed by atoms with Crippen LogP contribution in [0.15, 0.2) is 48.5 Å². The van der Waals surface area contributed by atoms with Crippen LogP contribution in [0.2, 0.25) is 0 Å². The second-order valence-electron chi connectivity index (χ2n) is 4.68. The van der Waals surface area contributed by atoms with E-state index in [1.807, 2.05) is 25.2 Å². The van der Waals surface area contributed by atoms with Crippen molar-refractivity contribution in [3.05, 3.63) is 64.2 Å². The van der Waals surface area contributed by atoms with E-state index >= 15 is 0 Å². The van der Waals surface area contributed by atoms with Crippen molar-refractivity contribution in [1.29, 1.82) is 0 Å². The summed E-state index contributed by atoms with van der Waals surface area (Å²) < 4.78 is 0. The summed E-state index contributed by atoms with van der Waals surface area (Å²) in [5, 5.41) is 14.1. The molecule has 1 atom stereocenters. The third-order valence-corrected chi connectivity index (χ3v) is 3.44. The van der Waals surface area contributed by atoms with Gasteiger partial charge in [-0.25, -0.2) is 0 Å². The lowest BCUT2D eigenvalue weighted by atomic mass is 9.98. The molecule has 2 aromatic carbocycles. The second-order valence-corrected chi connectivity index (χ2v) is 4.68. The van der Waals surface area contributed by atoms with Gasteiger partial charge >= 0.3 is 0 Å². The minimum absolute atomic E-state index is 0.119. The molecule has 4 nitrogen and oxygen atoms in total. The normalized spacial score (nSPS) is 12.1. The van der Waals surface area contributed by atoms with E-state index in [0.717, 1.165) is 17.5 Å². The fourth-order valence-corrected chi connectivity index (χ4v) is 2.34. The van der Waals surface area contributed by atoms with Gasteiger partial charge in [-0.3, -0.25) is 10.1 Å². The standard InChI is InChI=1S/C16H18N2O2/c1-3-16(17-2)14-8-4-6-12(10-14)13-7-5-9-15(11-13)18(19)20/h4-11,16-17H,3H2,1-2H3. The SMILES string of the molecule is CCC(NC)c1cccc(-c2cccc([N+](=O)[O-])c2)c1. The first-order valence-electron chi connectivity index (χ1n) is 6.67. The van der Waals surface area contributed by atoms with Crippen LogP contribution >= 0.6 is 0 Å². The largest absolute Gasteiger partial charge is 0.313 e. The predicted octanol–water partition coefficient (Wildman–Crippen LogP) is 3.93. The maximum absolute atomic E-state index is 10.8. The smallest absolute Gasteiger partial charge is 0.270 e. The molecule has 1 N–H and O–H groups in total. The molecule has 0 spiro atoms. The van der Waals surface area contributed by atoms with Gasteiger partial charge in [-0.15, -0.1) is 0 Å². The van der Waals surface area contributed by atoms with Crippen LogP contribution in [0.5, 0.6) is 0 Å². The Balaban J connectivity index is 2.40. The Bertz CT molecular complexity index is 607. The highest BCUT2D eigenvalue weighted by atomic mass is 16.6. The van der Waals surface area contributed by atoms with Crippen molar-refractivity contribution in [2.75, 3.05) is 7.05 Å². The van der Waals surface area contributed by atoms with Gasteiger partial charge in [-0.1, -0.05) is 37.3 Å². The van der Waals surface area contributed by atoms with Crippen LogP contribution < -0.4 is 5.32 Å². The Hall–Kier alpha value is -2.20. The number of hydrogen-bond donors (Lipinski definition) is 1. The predicted molar refractivity (Wildman–Crippen MR) is 80.6 cm³/mol. The summed E-state index contributed by atoms with van der Waals surface area (Å²) in [5.41, 5.74) is 3.18. The van der Waals surface area contributed by atoms with Crippen molar-refractivity contribution in [3.8, 4) is 11.1 Å². The highest BCUT2D eigenvalue weighted by Gasteiger charge is 2.10. The number of hydrogen-bond acceptors (Lipinski definition) is 3. The molecule has 4 heteroatoms. The van der Waals surface area contributed by atoms with Gasteiger partial charge in [0.05, 0.1) is 4.92 Å². The van der Waals surface area contributed by atoms with Gasteiger partial charge in [-0.05, 0) is 36.2 Å². The molecule has 2 aromatic rings. The molecule has 2 rings (SSSR count). The van der Waals surface area contributed by atoms with E-state index in [0.29, 0.717) is 6.04 Å². The zero-order valence-electron chi connectivity index (χ0n) is 11.7. The number of nitrogens with zero attached hydrogens (tertiary/aromatic N) is 1. The molecule has 0 saturated heterocycles. The summed E-state index contributed by atoms with van der Waals surface area (Å²) in [6, 6.07) is 15.2. The third kappa shape index (κ3) is 3.03. The quantitative estimate of drug-likeness (QED) is 0.661. The molecule has 0 radical (unpaired) electrons. The first kappa shape index (κ1) is 14.2. The van der Waals surface area contributed by atoms with Crippen molar-refractivity contribution >= 4 is 5.69 Å². The van der Waals surface area contributed by atoms with E-state index in [-0.39, 0.29) is 10.6 Å². The monoisotopic (exact) mass is 270 g/mol. The number of non-ortho nitro benzene ring substituents is 1. The highest BCUT2D eigenvalue weighted by Crippen LogP contribution is 2.27. The van der Waals surface area contributed by atoms with Crippen molar-refractivity contribution in [2.24, 2.45) is 0 Å². The Labute approximate surface area is 118 Å². The van der Waals surface area contributed by atoms with Crippen LogP contribution in [0.1, 0.15) is 24.9 Å². The molecule has 0 heterocycles. The average Bonchev–Trinajstić information content (AvgIpc) is 2.49. The van der Waals surface area contributed by atoms with E-state index in [9.17, 15) is 10.1 Å². The minimum atomic E-state index is -0.365. The van der Waals surface area contributed by atoms with E-state index in [2.05, 4.69) is 24.4 Å². The van der Waals surface area contributed by atoms with Crippen molar-refractivity contribution in [3.63, 3.8) is 0 Å². The molecular weight excluding hydrogens is 252 g/mol. The van der Waals surface area contributed by atoms with E-state index in [4.69, 9.17) is 0 Å². The zero-order valence-corrected chi connectivity index (χ0v) is 11.7. The summed E-state index contributed by atoms with van der Waals surface area (Å²) >= 11 is 0. The molecule has 104 valence electrons. The molecule has 1 unspecified atom stereocenters. The first-order chi connectivity index (χ1) is 9.65. The molecule has 0 aliphatic rings. The maximum Gasteiger partial charge on any atom is 0.270 e. The minimum Gasteiger partial charge on any atom is -0.313 e. The van der Waals surface area contributed by atoms with Crippen LogP contribution in [-0.4, -0.2) is 12.0 Å². The Morgan fingerprint density at radius 3 is 2.40 bits per heavy atom. The molecule has 20 heavy (non-hydrogen) atoms. The van der Waals surface area contributed by atoms with Crippen LogP contribution in [0.3, 0.4) is 0 Å². The molecule has 0 fully saturated rings. The van der Waals surface area contributed by atoms with Gasteiger partial charge in [-0.2, -0.15) is 0 Å². The lowest BCUT2D eigenvalue weighted by Gasteiger charge is -2.15. The highest BCUT2D eigenvalue weighted by molar-refractivity contribution is 5.66. The van der Waals surface area contributed by atoms with Crippen LogP contribution in [-0.2, 0) is 0 Å². The summed E-state index contributed by atoms with van der Waals surface area (Å²) in [4.78, 5) is 10.5. The first-order valence-corrected chi connectivity index (χ1v) is 6.67. The summed E-state index contributed by atoms with van der Waals surface area (Å²) in [7, 11) is 1.94. The summed E-state index contributed by atoms with van der Waals surface area (Å²) in [5.74, 6) is 0. The number of nitro groups is 1. The number of nitro benzene ring substituents is 1. The molecule has 0 aromatic heterocycles. The van der Waals surface area contributed by atoms with Gasteiger partial charge in [0.25, 0.3) is 5.69 Å². The summed E-state index contributed by atoms with van der Waals surface area (Å²) in [6.45, 7) is 2.13. The number of rotatable bonds is 5. The van der Waals surface area contributed by atoms with Crippen molar-refractivity contribution < 1.29 is 4.92 Å². The molecule has 0 bridgehead atoms. The average molecular weight is 270 g/mol. The molecule has 0 aliphatic carbocycles. The van der Waals surface area contributed by atoms with Gasteiger partial charge in [0.2, 0.25) is 0 Å².